The van der Waals surface area contributed by atoms with Crippen LogP contribution in [0.5, 0.6) is 0 Å². The molecule has 1 aromatic heterocycles. The number of anilines is 3. The van der Waals surface area contributed by atoms with Crippen molar-refractivity contribution in [1.29, 1.82) is 0 Å². The van der Waals surface area contributed by atoms with Crippen molar-refractivity contribution in [3.05, 3.63) is 64.7 Å². The number of rotatable bonds is 6. The average Bonchev–Trinajstić information content (AvgIpc) is 3.19. The van der Waals surface area contributed by atoms with E-state index in [-0.39, 0.29) is 16.8 Å². The molecule has 11 heteroatoms. The van der Waals surface area contributed by atoms with Gasteiger partial charge in [0.05, 0.1) is 28.4 Å². The molecule has 9 nitrogen and oxygen atoms in total. The third kappa shape index (κ3) is 5.98. The Morgan fingerprint density at radius 3 is 2.46 bits per heavy atom. The molecule has 3 aromatic rings. The highest BCUT2D eigenvalue weighted by molar-refractivity contribution is 7.90. The van der Waals surface area contributed by atoms with Gasteiger partial charge in [-0.15, -0.1) is 0 Å². The highest BCUT2D eigenvalue weighted by atomic mass is 32.2. The molecule has 0 spiro atoms. The maximum Gasteiger partial charge on any atom is 0.325 e. The van der Waals surface area contributed by atoms with Gasteiger partial charge < -0.3 is 15.5 Å². The van der Waals surface area contributed by atoms with E-state index in [4.69, 9.17) is 0 Å². The van der Waals surface area contributed by atoms with Crippen LogP contribution in [0, 0.1) is 0 Å². The lowest BCUT2D eigenvalue weighted by atomic mass is 10.1. The number of amides is 3. The van der Waals surface area contributed by atoms with Gasteiger partial charge in [-0.3, -0.25) is 10.1 Å². The molecule has 0 saturated heterocycles. The van der Waals surface area contributed by atoms with Gasteiger partial charge in [0.15, 0.2) is 15.0 Å². The van der Waals surface area contributed by atoms with Crippen LogP contribution in [0.1, 0.15) is 34.8 Å². The summed E-state index contributed by atoms with van der Waals surface area (Å²) >= 11 is 1.40. The number of fused-ring (bicyclic) bond motifs is 1. The Hall–Kier alpha value is -3.44. The fraction of sp³-hybridized carbons (Fsp3) is 0.292. The van der Waals surface area contributed by atoms with Crippen molar-refractivity contribution in [2.24, 2.45) is 0 Å². The second-order valence-electron chi connectivity index (χ2n) is 8.58. The van der Waals surface area contributed by atoms with E-state index in [2.05, 4.69) is 25.8 Å². The molecule has 0 fully saturated rings. The Kier molecular flexibility index (Phi) is 7.08. The average molecular weight is 514 g/mol. The van der Waals surface area contributed by atoms with Gasteiger partial charge in [0.1, 0.15) is 0 Å². The number of aromatic nitrogens is 1. The van der Waals surface area contributed by atoms with Gasteiger partial charge in [0, 0.05) is 35.8 Å². The molecule has 184 valence electrons. The van der Waals surface area contributed by atoms with Gasteiger partial charge in [0.25, 0.3) is 5.91 Å². The predicted octanol–water partition coefficient (Wildman–Crippen LogP) is 3.89. The highest BCUT2D eigenvalue weighted by Crippen LogP contribution is 2.31. The number of carbonyl (C=O) groups is 2. The standard InChI is InChI=1S/C24H27N5O4S2/c1-15(2)25-22(30)18-6-4-5-7-19(18)26-23(31)28-24-27-20-12-13-29(14-21(20)34-24)16-8-10-17(11-9-16)35(3,32)33/h4-11,15H,12-14H2,1-3H3,(H,25,30)(H2,26,27,28,31). The minimum absolute atomic E-state index is 0.0248. The van der Waals surface area contributed by atoms with E-state index in [9.17, 15) is 18.0 Å². The topological polar surface area (TPSA) is 120 Å². The van der Waals surface area contributed by atoms with Crippen LogP contribution in [0.4, 0.5) is 21.3 Å². The molecule has 0 radical (unpaired) electrons. The van der Waals surface area contributed by atoms with Crippen LogP contribution < -0.4 is 20.9 Å². The summed E-state index contributed by atoms with van der Waals surface area (Å²) in [4.78, 5) is 33.1. The molecular formula is C24H27N5O4S2. The maximum absolute atomic E-state index is 12.6. The number of urea groups is 1. The number of hydrogen-bond donors (Lipinski definition) is 3. The summed E-state index contributed by atoms with van der Waals surface area (Å²) in [6, 6.07) is 13.2. The number of nitrogens with one attached hydrogen (secondary N) is 3. The van der Waals surface area contributed by atoms with E-state index < -0.39 is 15.9 Å². The minimum atomic E-state index is -3.24. The molecule has 35 heavy (non-hydrogen) atoms. The third-order valence-electron chi connectivity index (χ3n) is 5.42. The molecule has 0 saturated carbocycles. The number of para-hydroxylation sites is 1. The zero-order chi connectivity index (χ0) is 25.2. The largest absolute Gasteiger partial charge is 0.366 e. The zero-order valence-electron chi connectivity index (χ0n) is 19.7. The highest BCUT2D eigenvalue weighted by Gasteiger charge is 2.22. The molecule has 4 rings (SSSR count). The molecule has 0 unspecified atom stereocenters. The zero-order valence-corrected chi connectivity index (χ0v) is 21.3. The Labute approximate surface area is 208 Å². The number of sulfone groups is 1. The summed E-state index contributed by atoms with van der Waals surface area (Å²) in [7, 11) is -3.24. The van der Waals surface area contributed by atoms with Crippen molar-refractivity contribution in [2.45, 2.75) is 37.8 Å². The van der Waals surface area contributed by atoms with Crippen LogP contribution in [0.3, 0.4) is 0 Å². The first-order chi connectivity index (χ1) is 16.6. The van der Waals surface area contributed by atoms with E-state index in [0.717, 1.165) is 22.8 Å². The number of thiazole rings is 1. The fourth-order valence-electron chi connectivity index (χ4n) is 3.75. The number of benzene rings is 2. The van der Waals surface area contributed by atoms with Crippen molar-refractivity contribution in [2.75, 3.05) is 28.3 Å². The lowest BCUT2D eigenvalue weighted by molar-refractivity contribution is 0.0944. The quantitative estimate of drug-likeness (QED) is 0.460. The predicted molar refractivity (Wildman–Crippen MR) is 138 cm³/mol. The van der Waals surface area contributed by atoms with Gasteiger partial charge in [-0.1, -0.05) is 23.5 Å². The van der Waals surface area contributed by atoms with Gasteiger partial charge >= 0.3 is 6.03 Å². The van der Waals surface area contributed by atoms with Gasteiger partial charge in [0.2, 0.25) is 0 Å². The first-order valence-corrected chi connectivity index (χ1v) is 13.8. The van der Waals surface area contributed by atoms with Crippen molar-refractivity contribution in [3.8, 4) is 0 Å². The molecule has 2 aromatic carbocycles. The summed E-state index contributed by atoms with van der Waals surface area (Å²) in [5.41, 5.74) is 2.66. The lowest BCUT2D eigenvalue weighted by Gasteiger charge is -2.28. The van der Waals surface area contributed by atoms with Crippen molar-refractivity contribution < 1.29 is 18.0 Å². The van der Waals surface area contributed by atoms with E-state index in [1.165, 1.54) is 17.6 Å². The molecular weight excluding hydrogens is 486 g/mol. The van der Waals surface area contributed by atoms with Crippen LogP contribution in [-0.4, -0.2) is 44.2 Å². The molecule has 2 heterocycles. The van der Waals surface area contributed by atoms with Crippen LogP contribution in [0.2, 0.25) is 0 Å². The number of carbonyl (C=O) groups excluding carboxylic acids is 2. The van der Waals surface area contributed by atoms with E-state index in [1.807, 2.05) is 26.0 Å². The first-order valence-electron chi connectivity index (χ1n) is 11.1. The summed E-state index contributed by atoms with van der Waals surface area (Å²) in [6.45, 7) is 5.10. The number of nitrogens with zero attached hydrogens (tertiary/aromatic N) is 2. The number of hydrogen-bond acceptors (Lipinski definition) is 7. The smallest absolute Gasteiger partial charge is 0.325 e. The Bertz CT molecular complexity index is 1350. The van der Waals surface area contributed by atoms with Gasteiger partial charge in [-0.25, -0.2) is 18.2 Å². The molecule has 3 N–H and O–H groups in total. The van der Waals surface area contributed by atoms with E-state index in [1.54, 1.807) is 36.4 Å². The second-order valence-corrected chi connectivity index (χ2v) is 11.7. The van der Waals surface area contributed by atoms with Crippen molar-refractivity contribution >= 4 is 49.6 Å². The Morgan fingerprint density at radius 1 is 1.06 bits per heavy atom. The van der Waals surface area contributed by atoms with Crippen LogP contribution in [0.25, 0.3) is 0 Å². The van der Waals surface area contributed by atoms with E-state index in [0.29, 0.717) is 29.3 Å². The second kappa shape index (κ2) is 10.0. The third-order valence-corrected chi connectivity index (χ3v) is 7.55. The lowest BCUT2D eigenvalue weighted by Crippen LogP contribution is -2.31. The summed E-state index contributed by atoms with van der Waals surface area (Å²) < 4.78 is 23.4. The van der Waals surface area contributed by atoms with Crippen LogP contribution in [-0.2, 0) is 22.8 Å². The molecule has 1 aliphatic rings. The fourth-order valence-corrected chi connectivity index (χ4v) is 5.40. The Morgan fingerprint density at radius 2 is 1.77 bits per heavy atom. The van der Waals surface area contributed by atoms with Gasteiger partial charge in [-0.2, -0.15) is 0 Å². The molecule has 0 aliphatic carbocycles. The maximum atomic E-state index is 12.6. The van der Waals surface area contributed by atoms with Crippen molar-refractivity contribution in [3.63, 3.8) is 0 Å². The Balaban J connectivity index is 1.42. The van der Waals surface area contributed by atoms with E-state index >= 15 is 0 Å². The normalized spacial score (nSPS) is 13.3. The minimum Gasteiger partial charge on any atom is -0.366 e. The summed E-state index contributed by atoms with van der Waals surface area (Å²) in [5.74, 6) is -0.259. The van der Waals surface area contributed by atoms with Crippen molar-refractivity contribution in [1.82, 2.24) is 10.3 Å². The SMILES string of the molecule is CC(C)NC(=O)c1ccccc1NC(=O)Nc1nc2c(s1)CN(c1ccc(S(C)(=O)=O)cc1)CC2. The summed E-state index contributed by atoms with van der Waals surface area (Å²) in [5, 5.41) is 8.82. The molecule has 3 amide bonds. The van der Waals surface area contributed by atoms with Crippen LogP contribution in [0.15, 0.2) is 53.4 Å². The monoisotopic (exact) mass is 513 g/mol. The van der Waals surface area contributed by atoms with Gasteiger partial charge in [-0.05, 0) is 50.2 Å². The first kappa shape index (κ1) is 24.7. The molecule has 1 aliphatic heterocycles. The summed E-state index contributed by atoms with van der Waals surface area (Å²) in [6.07, 6.45) is 1.90. The molecule has 0 atom stereocenters. The van der Waals surface area contributed by atoms with Crippen LogP contribution >= 0.6 is 11.3 Å². The molecule has 0 bridgehead atoms.